The monoisotopic (exact) mass is 198 g/mol. The maximum absolute atomic E-state index is 3.62. The van der Waals surface area contributed by atoms with Gasteiger partial charge in [-0.1, -0.05) is 19.8 Å². The molecule has 2 heteroatoms. The van der Waals surface area contributed by atoms with E-state index in [4.69, 9.17) is 0 Å². The first-order chi connectivity index (χ1) is 6.79. The lowest BCUT2D eigenvalue weighted by Gasteiger charge is -2.19. The van der Waals surface area contributed by atoms with Gasteiger partial charge in [0.1, 0.15) is 0 Å². The van der Waals surface area contributed by atoms with Gasteiger partial charge in [0.25, 0.3) is 0 Å². The predicted octanol–water partition coefficient (Wildman–Crippen LogP) is 2.15. The van der Waals surface area contributed by atoms with Crippen molar-refractivity contribution in [2.24, 2.45) is 5.92 Å². The molecular weight excluding hydrogens is 172 g/mol. The average molecular weight is 198 g/mol. The van der Waals surface area contributed by atoms with Crippen molar-refractivity contribution in [2.45, 2.75) is 52.0 Å². The van der Waals surface area contributed by atoms with Crippen LogP contribution < -0.4 is 10.6 Å². The Kier molecular flexibility index (Phi) is 6.20. The molecule has 0 aliphatic carbocycles. The number of hydrogen-bond acceptors (Lipinski definition) is 2. The van der Waals surface area contributed by atoms with E-state index in [1.807, 2.05) is 0 Å². The molecule has 0 saturated carbocycles. The zero-order valence-electron chi connectivity index (χ0n) is 9.81. The predicted molar refractivity (Wildman–Crippen MR) is 62.6 cm³/mol. The van der Waals surface area contributed by atoms with Crippen LogP contribution in [0.5, 0.6) is 0 Å². The smallest absolute Gasteiger partial charge is 0.00388 e. The Hall–Kier alpha value is -0.0800. The highest BCUT2D eigenvalue weighted by Gasteiger charge is 2.06. The van der Waals surface area contributed by atoms with Gasteiger partial charge in [0, 0.05) is 6.04 Å². The van der Waals surface area contributed by atoms with Crippen LogP contribution >= 0.6 is 0 Å². The highest BCUT2D eigenvalue weighted by atomic mass is 14.9. The van der Waals surface area contributed by atoms with Gasteiger partial charge in [-0.2, -0.15) is 0 Å². The standard InChI is InChI=1S/C12H26N2/c1-11-7-9-13-8-5-3-4-6-12(2)14-10-11/h11-14H,3-10H2,1-2H3/t11-,12+/m0/s1. The average Bonchev–Trinajstić information content (AvgIpc) is 2.17. The van der Waals surface area contributed by atoms with Gasteiger partial charge in [-0.15, -0.1) is 0 Å². The van der Waals surface area contributed by atoms with Crippen molar-refractivity contribution < 1.29 is 0 Å². The molecule has 1 fully saturated rings. The summed E-state index contributed by atoms with van der Waals surface area (Å²) in [6.45, 7) is 8.25. The number of hydrogen-bond donors (Lipinski definition) is 2. The van der Waals surface area contributed by atoms with Crippen LogP contribution in [0.1, 0.15) is 46.0 Å². The summed E-state index contributed by atoms with van der Waals surface area (Å²) in [4.78, 5) is 0. The molecule has 2 N–H and O–H groups in total. The molecular formula is C12H26N2. The first-order valence-electron chi connectivity index (χ1n) is 6.23. The van der Waals surface area contributed by atoms with Crippen molar-refractivity contribution in [2.75, 3.05) is 19.6 Å². The van der Waals surface area contributed by atoms with E-state index in [9.17, 15) is 0 Å². The molecule has 0 aromatic heterocycles. The van der Waals surface area contributed by atoms with Gasteiger partial charge in [0.05, 0.1) is 0 Å². The minimum atomic E-state index is 0.713. The third-order valence-electron chi connectivity index (χ3n) is 3.12. The first-order valence-corrected chi connectivity index (χ1v) is 6.23. The maximum atomic E-state index is 3.62. The van der Waals surface area contributed by atoms with Crippen molar-refractivity contribution >= 4 is 0 Å². The highest BCUT2D eigenvalue weighted by molar-refractivity contribution is 4.66. The second-order valence-corrected chi connectivity index (χ2v) is 4.80. The molecule has 2 atom stereocenters. The van der Waals surface area contributed by atoms with E-state index < -0.39 is 0 Å². The Morgan fingerprint density at radius 2 is 1.79 bits per heavy atom. The molecule has 0 aromatic rings. The fourth-order valence-electron chi connectivity index (χ4n) is 1.96. The van der Waals surface area contributed by atoms with Crippen molar-refractivity contribution in [1.82, 2.24) is 10.6 Å². The minimum Gasteiger partial charge on any atom is -0.317 e. The van der Waals surface area contributed by atoms with Gasteiger partial charge in [0.2, 0.25) is 0 Å². The van der Waals surface area contributed by atoms with Crippen LogP contribution in [0.15, 0.2) is 0 Å². The van der Waals surface area contributed by atoms with Crippen molar-refractivity contribution in [1.29, 1.82) is 0 Å². The van der Waals surface area contributed by atoms with Gasteiger partial charge in [-0.05, 0) is 51.7 Å². The maximum Gasteiger partial charge on any atom is 0.00388 e. The van der Waals surface area contributed by atoms with Crippen LogP contribution in [0.2, 0.25) is 0 Å². The molecule has 0 bridgehead atoms. The topological polar surface area (TPSA) is 24.1 Å². The zero-order chi connectivity index (χ0) is 10.2. The number of nitrogens with one attached hydrogen (secondary N) is 2. The third-order valence-corrected chi connectivity index (χ3v) is 3.12. The van der Waals surface area contributed by atoms with E-state index in [0.29, 0.717) is 6.04 Å². The van der Waals surface area contributed by atoms with Crippen LogP contribution in [0.3, 0.4) is 0 Å². The van der Waals surface area contributed by atoms with E-state index in [0.717, 1.165) is 5.92 Å². The molecule has 1 saturated heterocycles. The number of rotatable bonds is 0. The second kappa shape index (κ2) is 7.24. The lowest BCUT2D eigenvalue weighted by molar-refractivity contribution is 0.400. The summed E-state index contributed by atoms with van der Waals surface area (Å²) < 4.78 is 0. The Morgan fingerprint density at radius 3 is 2.64 bits per heavy atom. The molecule has 2 nitrogen and oxygen atoms in total. The van der Waals surface area contributed by atoms with Crippen LogP contribution in [0, 0.1) is 5.92 Å². The molecule has 1 heterocycles. The van der Waals surface area contributed by atoms with Crippen molar-refractivity contribution in [3.8, 4) is 0 Å². The fraction of sp³-hybridized carbons (Fsp3) is 1.00. The molecule has 0 unspecified atom stereocenters. The normalized spacial score (nSPS) is 33.0. The molecule has 0 radical (unpaired) electrons. The van der Waals surface area contributed by atoms with Gasteiger partial charge in [-0.3, -0.25) is 0 Å². The third kappa shape index (κ3) is 5.61. The molecule has 1 aliphatic rings. The largest absolute Gasteiger partial charge is 0.317 e. The summed E-state index contributed by atoms with van der Waals surface area (Å²) in [5.41, 5.74) is 0. The summed E-state index contributed by atoms with van der Waals surface area (Å²) in [5, 5.41) is 7.14. The lowest BCUT2D eigenvalue weighted by atomic mass is 10.0. The molecule has 0 spiro atoms. The summed E-state index contributed by atoms with van der Waals surface area (Å²) >= 11 is 0. The lowest BCUT2D eigenvalue weighted by Crippen LogP contribution is -2.32. The summed E-state index contributed by atoms with van der Waals surface area (Å²) in [7, 11) is 0. The fourth-order valence-corrected chi connectivity index (χ4v) is 1.96. The Morgan fingerprint density at radius 1 is 0.929 bits per heavy atom. The molecule has 14 heavy (non-hydrogen) atoms. The van der Waals surface area contributed by atoms with Gasteiger partial charge in [-0.25, -0.2) is 0 Å². The van der Waals surface area contributed by atoms with E-state index >= 15 is 0 Å². The minimum absolute atomic E-state index is 0.713. The van der Waals surface area contributed by atoms with Crippen LogP contribution in [0.25, 0.3) is 0 Å². The molecule has 84 valence electrons. The summed E-state index contributed by atoms with van der Waals surface area (Å²) in [6, 6.07) is 0.713. The Bertz CT molecular complexity index is 120. The second-order valence-electron chi connectivity index (χ2n) is 4.80. The molecule has 1 rings (SSSR count). The van der Waals surface area contributed by atoms with Gasteiger partial charge < -0.3 is 10.6 Å². The summed E-state index contributed by atoms with van der Waals surface area (Å²) in [6.07, 6.45) is 6.76. The van der Waals surface area contributed by atoms with Crippen LogP contribution in [0.4, 0.5) is 0 Å². The molecule has 0 aromatic carbocycles. The SMILES string of the molecule is C[C@H]1CCNCCCCC[C@@H](C)NC1. The van der Waals surface area contributed by atoms with Crippen molar-refractivity contribution in [3.63, 3.8) is 0 Å². The zero-order valence-corrected chi connectivity index (χ0v) is 9.81. The van der Waals surface area contributed by atoms with Crippen molar-refractivity contribution in [3.05, 3.63) is 0 Å². The first kappa shape index (κ1) is 12.0. The van der Waals surface area contributed by atoms with E-state index in [1.165, 1.54) is 51.7 Å². The van der Waals surface area contributed by atoms with Gasteiger partial charge >= 0.3 is 0 Å². The van der Waals surface area contributed by atoms with E-state index in [-0.39, 0.29) is 0 Å². The van der Waals surface area contributed by atoms with Crippen LogP contribution in [-0.4, -0.2) is 25.7 Å². The van der Waals surface area contributed by atoms with Gasteiger partial charge in [0.15, 0.2) is 0 Å². The van der Waals surface area contributed by atoms with E-state index in [1.54, 1.807) is 0 Å². The summed E-state index contributed by atoms with van der Waals surface area (Å²) in [5.74, 6) is 0.810. The Labute approximate surface area is 88.8 Å². The molecule has 1 aliphatic heterocycles. The molecule has 0 amide bonds. The highest BCUT2D eigenvalue weighted by Crippen LogP contribution is 2.06. The quantitative estimate of drug-likeness (QED) is 0.623. The van der Waals surface area contributed by atoms with E-state index in [2.05, 4.69) is 24.5 Å². The Balaban J connectivity index is 2.22. The van der Waals surface area contributed by atoms with Crippen LogP contribution in [-0.2, 0) is 0 Å².